The highest BCUT2D eigenvalue weighted by molar-refractivity contribution is 6.05. The number of fused-ring (bicyclic) bond motifs is 1. The number of benzene rings is 1. The lowest BCUT2D eigenvalue weighted by Gasteiger charge is -2.63. The quantitative estimate of drug-likeness (QED) is 0.575. The fraction of sp³-hybridized carbons (Fsp3) is 0.407. The van der Waals surface area contributed by atoms with Gasteiger partial charge in [-0.3, -0.25) is 5.43 Å². The summed E-state index contributed by atoms with van der Waals surface area (Å²) in [6.45, 7) is 3.02. The second-order valence-corrected chi connectivity index (χ2v) is 10.3. The van der Waals surface area contributed by atoms with Crippen molar-refractivity contribution in [3.05, 3.63) is 77.4 Å². The Balaban J connectivity index is 1.32. The number of allylic oxidation sites excluding steroid dienone is 3. The molecule has 2 aromatic rings. The fourth-order valence-corrected chi connectivity index (χ4v) is 7.59. The summed E-state index contributed by atoms with van der Waals surface area (Å²) in [5, 5.41) is 23.7. The van der Waals surface area contributed by atoms with Gasteiger partial charge < -0.3 is 15.1 Å². The number of hydrogen-bond donors (Lipinski definition) is 3. The summed E-state index contributed by atoms with van der Waals surface area (Å²) in [4.78, 5) is 22.9. The maximum atomic E-state index is 11.4. The van der Waals surface area contributed by atoms with E-state index in [1.165, 1.54) is 5.57 Å². The van der Waals surface area contributed by atoms with Crippen LogP contribution in [0, 0.1) is 41.4 Å². The summed E-state index contributed by atoms with van der Waals surface area (Å²) >= 11 is 0. The zero-order valence-electron chi connectivity index (χ0n) is 19.2. The van der Waals surface area contributed by atoms with E-state index >= 15 is 0 Å². The summed E-state index contributed by atoms with van der Waals surface area (Å²) < 4.78 is 0. The van der Waals surface area contributed by atoms with Gasteiger partial charge in [-0.2, -0.15) is 5.10 Å². The second-order valence-electron chi connectivity index (χ2n) is 10.3. The van der Waals surface area contributed by atoms with Crippen molar-refractivity contribution in [3.8, 4) is 0 Å². The molecule has 8 heteroatoms. The third-order valence-electron chi connectivity index (χ3n) is 8.89. The van der Waals surface area contributed by atoms with Crippen molar-refractivity contribution in [2.45, 2.75) is 0 Å². The van der Waals surface area contributed by atoms with Gasteiger partial charge in [-0.25, -0.2) is 14.8 Å². The molecule has 6 aliphatic rings. The minimum absolute atomic E-state index is 0.142. The Labute approximate surface area is 203 Å². The molecule has 8 rings (SSSR count). The summed E-state index contributed by atoms with van der Waals surface area (Å²) in [5.41, 5.74) is 7.80. The number of hydrazone groups is 1. The fourth-order valence-electron chi connectivity index (χ4n) is 7.59. The Morgan fingerprint density at radius 1 is 1.06 bits per heavy atom. The zero-order valence-corrected chi connectivity index (χ0v) is 19.2. The first-order chi connectivity index (χ1) is 17.2. The van der Waals surface area contributed by atoms with Gasteiger partial charge in [0.1, 0.15) is 5.71 Å². The average molecular weight is 470 g/mol. The predicted octanol–water partition coefficient (Wildman–Crippen LogP) is 2.11. The summed E-state index contributed by atoms with van der Waals surface area (Å²) in [6.07, 6.45) is 8.40. The Hall–Kier alpha value is -3.36. The number of hydrogen-bond acceptors (Lipinski definition) is 7. The molecule has 1 saturated heterocycles. The molecule has 0 spiro atoms. The number of rotatable bonds is 5. The number of aliphatic hydroxyl groups is 1. The highest BCUT2D eigenvalue weighted by atomic mass is 16.4. The van der Waals surface area contributed by atoms with Gasteiger partial charge in [-0.15, -0.1) is 0 Å². The van der Waals surface area contributed by atoms with E-state index in [0.29, 0.717) is 41.3 Å². The normalized spacial score (nSPS) is 34.4. The first kappa shape index (κ1) is 21.0. The number of β-amino-alcohol motifs (C(OH)–C–C–N with tert-alkyl or cyclic N) is 1. The van der Waals surface area contributed by atoms with Gasteiger partial charge in [0.25, 0.3) is 0 Å². The highest BCUT2D eigenvalue weighted by Crippen LogP contribution is 2.67. The number of nitrogens with zero attached hydrogens (tertiary/aromatic N) is 4. The first-order valence-electron chi connectivity index (χ1n) is 12.4. The zero-order chi connectivity index (χ0) is 23.7. The first-order valence-corrected chi connectivity index (χ1v) is 12.4. The smallest absolute Gasteiger partial charge is 0.335 e. The molecule has 1 aromatic heterocycles. The number of carboxylic acids is 1. The Kier molecular flexibility index (Phi) is 4.69. The topological polar surface area (TPSA) is 111 Å². The predicted molar refractivity (Wildman–Crippen MR) is 129 cm³/mol. The molecule has 2 saturated carbocycles. The highest BCUT2D eigenvalue weighted by Gasteiger charge is 2.65. The maximum absolute atomic E-state index is 11.4. The van der Waals surface area contributed by atoms with Crippen LogP contribution in [0.5, 0.6) is 0 Å². The maximum Gasteiger partial charge on any atom is 0.335 e. The molecule has 7 atom stereocenters. The number of aliphatic hydroxyl groups excluding tert-OH is 1. The number of nitrogens with one attached hydrogen (secondary N) is 1. The lowest BCUT2D eigenvalue weighted by Crippen LogP contribution is -2.61. The number of aromatic nitrogens is 2. The Morgan fingerprint density at radius 2 is 1.77 bits per heavy atom. The monoisotopic (exact) mass is 469 g/mol. The van der Waals surface area contributed by atoms with Gasteiger partial charge in [0.2, 0.25) is 0 Å². The van der Waals surface area contributed by atoms with E-state index < -0.39 is 5.97 Å². The van der Waals surface area contributed by atoms with Crippen LogP contribution in [0.2, 0.25) is 0 Å². The van der Waals surface area contributed by atoms with Crippen LogP contribution in [0.25, 0.3) is 5.70 Å². The molecule has 8 nitrogen and oxygen atoms in total. The van der Waals surface area contributed by atoms with Crippen LogP contribution >= 0.6 is 0 Å². The van der Waals surface area contributed by atoms with E-state index in [1.807, 2.05) is 18.2 Å². The molecular weight excluding hydrogens is 442 g/mol. The number of carboxylic acid groups (broad SMARTS) is 1. The molecule has 3 heterocycles. The molecule has 0 radical (unpaired) electrons. The largest absolute Gasteiger partial charge is 0.478 e. The van der Waals surface area contributed by atoms with E-state index in [9.17, 15) is 15.0 Å². The van der Waals surface area contributed by atoms with Crippen molar-refractivity contribution in [2.24, 2.45) is 46.5 Å². The molecule has 2 aliphatic heterocycles. The van der Waals surface area contributed by atoms with Crippen LogP contribution in [0.3, 0.4) is 0 Å². The van der Waals surface area contributed by atoms with E-state index in [1.54, 1.807) is 24.5 Å². The SMILES string of the molecule is O=C(O)c1ccc(C2=C3C(C(c4ncccn4)=NN2)C2C4C=CC(C5CN(CCO)CC45)C32)cc1. The summed E-state index contributed by atoms with van der Waals surface area (Å²) in [5.74, 6) is 2.87. The minimum atomic E-state index is -0.927. The molecule has 2 bridgehead atoms. The van der Waals surface area contributed by atoms with Crippen molar-refractivity contribution in [3.63, 3.8) is 0 Å². The van der Waals surface area contributed by atoms with Gasteiger partial charge in [0.05, 0.1) is 17.9 Å². The van der Waals surface area contributed by atoms with Crippen LogP contribution < -0.4 is 5.43 Å². The van der Waals surface area contributed by atoms with Gasteiger partial charge >= 0.3 is 5.97 Å². The van der Waals surface area contributed by atoms with E-state index in [0.717, 1.165) is 36.6 Å². The second kappa shape index (κ2) is 7.83. The molecule has 3 fully saturated rings. The molecule has 178 valence electrons. The van der Waals surface area contributed by atoms with E-state index in [-0.39, 0.29) is 18.1 Å². The molecule has 35 heavy (non-hydrogen) atoms. The van der Waals surface area contributed by atoms with Gasteiger partial charge in [0, 0.05) is 37.9 Å². The van der Waals surface area contributed by atoms with Gasteiger partial charge in [-0.05, 0) is 64.8 Å². The lowest BCUT2D eigenvalue weighted by molar-refractivity contribution is -0.0112. The van der Waals surface area contributed by atoms with Crippen LogP contribution in [0.15, 0.2) is 65.6 Å². The van der Waals surface area contributed by atoms with Crippen LogP contribution in [-0.4, -0.2) is 63.0 Å². The Bertz CT molecular complexity index is 1270. The third kappa shape index (κ3) is 2.99. The van der Waals surface area contributed by atoms with Gasteiger partial charge in [-0.1, -0.05) is 24.3 Å². The summed E-state index contributed by atoms with van der Waals surface area (Å²) in [6, 6.07) is 8.89. The van der Waals surface area contributed by atoms with Crippen LogP contribution in [0.1, 0.15) is 21.7 Å². The van der Waals surface area contributed by atoms with Crippen LogP contribution in [-0.2, 0) is 0 Å². The average Bonchev–Trinajstić information content (AvgIpc) is 3.32. The van der Waals surface area contributed by atoms with Crippen molar-refractivity contribution >= 4 is 17.4 Å². The molecule has 4 aliphatic carbocycles. The number of aromatic carboxylic acids is 1. The van der Waals surface area contributed by atoms with E-state index in [4.69, 9.17) is 5.10 Å². The molecule has 7 unspecified atom stereocenters. The number of likely N-dealkylation sites (tertiary alicyclic amines) is 1. The van der Waals surface area contributed by atoms with Crippen molar-refractivity contribution in [1.82, 2.24) is 20.3 Å². The minimum Gasteiger partial charge on any atom is -0.478 e. The molecule has 3 N–H and O–H groups in total. The molecule has 0 amide bonds. The Morgan fingerprint density at radius 3 is 2.49 bits per heavy atom. The van der Waals surface area contributed by atoms with Crippen molar-refractivity contribution in [2.75, 3.05) is 26.2 Å². The lowest BCUT2D eigenvalue weighted by atomic mass is 9.40. The standard InChI is InChI=1S/C27H27N5O3/c33-11-10-32-12-18-16-6-7-17(19(18)13-32)21-20(16)22-23(21)25(26-28-8-1-9-29-26)31-30-24(22)14-2-4-15(5-3-14)27(34)35/h1-9,16-21,23,30,33H,10-13H2,(H,34,35). The van der Waals surface area contributed by atoms with Crippen LogP contribution in [0.4, 0.5) is 0 Å². The molecular formula is C27H27N5O3. The third-order valence-corrected chi connectivity index (χ3v) is 8.89. The van der Waals surface area contributed by atoms with Gasteiger partial charge in [0.15, 0.2) is 5.82 Å². The van der Waals surface area contributed by atoms with E-state index in [2.05, 4.69) is 32.4 Å². The summed E-state index contributed by atoms with van der Waals surface area (Å²) in [7, 11) is 0. The molecule has 1 aromatic carbocycles. The van der Waals surface area contributed by atoms with Crippen molar-refractivity contribution in [1.29, 1.82) is 0 Å². The van der Waals surface area contributed by atoms with Crippen molar-refractivity contribution < 1.29 is 15.0 Å². The number of carbonyl (C=O) groups is 1.